The molecule has 4 aromatic rings. The molecule has 144 valence electrons. The van der Waals surface area contributed by atoms with Crippen molar-refractivity contribution in [3.8, 4) is 0 Å². The van der Waals surface area contributed by atoms with Crippen molar-refractivity contribution < 1.29 is 14.2 Å². The number of para-hydroxylation sites is 2. The Labute approximate surface area is 163 Å². The number of quaternary nitrogens is 2. The van der Waals surface area contributed by atoms with Gasteiger partial charge in [-0.25, -0.2) is 14.3 Å². The highest BCUT2D eigenvalue weighted by Crippen LogP contribution is 2.10. The molecule has 0 amide bonds. The lowest BCUT2D eigenvalue weighted by Crippen LogP contribution is -3.27. The van der Waals surface area contributed by atoms with Crippen LogP contribution in [0.3, 0.4) is 0 Å². The lowest BCUT2D eigenvalue weighted by atomic mass is 10.3. The predicted octanol–water partition coefficient (Wildman–Crippen LogP) is -1.39. The third kappa shape index (κ3) is 3.17. The highest BCUT2D eigenvalue weighted by atomic mass is 32.1. The zero-order chi connectivity index (χ0) is 19.1. The maximum absolute atomic E-state index is 12.2. The summed E-state index contributed by atoms with van der Waals surface area (Å²) in [6, 6.07) is 9.18. The molecule has 0 atom stereocenters. The van der Waals surface area contributed by atoms with Crippen molar-refractivity contribution in [3.05, 3.63) is 68.5 Å². The zero-order valence-corrected chi connectivity index (χ0v) is 16.1. The molecule has 1 aromatic carbocycles. The van der Waals surface area contributed by atoms with E-state index in [1.165, 1.54) is 21.1 Å². The molecule has 1 saturated heterocycles. The summed E-state index contributed by atoms with van der Waals surface area (Å²) in [6.07, 6.45) is 1.76. The molecular weight excluding hydrogens is 378 g/mol. The number of aromatic nitrogens is 3. The molecule has 0 bridgehead atoms. The number of rotatable bonds is 4. The van der Waals surface area contributed by atoms with Crippen molar-refractivity contribution >= 4 is 27.4 Å². The zero-order valence-electron chi connectivity index (χ0n) is 15.3. The Balaban J connectivity index is 1.25. The highest BCUT2D eigenvalue weighted by molar-refractivity contribution is 7.15. The molecule has 1 aliphatic rings. The monoisotopic (exact) mass is 399 g/mol. The van der Waals surface area contributed by atoms with E-state index in [1.54, 1.807) is 21.2 Å². The Kier molecular flexibility index (Phi) is 4.34. The molecule has 0 aliphatic carbocycles. The van der Waals surface area contributed by atoms with Gasteiger partial charge in [0.2, 0.25) is 0 Å². The van der Waals surface area contributed by atoms with Crippen LogP contribution in [0.1, 0.15) is 5.69 Å². The van der Waals surface area contributed by atoms with Crippen LogP contribution in [0.5, 0.6) is 0 Å². The minimum atomic E-state index is -0.294. The second-order valence-corrected chi connectivity index (χ2v) is 8.11. The molecule has 0 spiro atoms. The van der Waals surface area contributed by atoms with E-state index in [1.807, 2.05) is 29.6 Å². The fraction of sp³-hybridized carbons (Fsp3) is 0.316. The summed E-state index contributed by atoms with van der Waals surface area (Å²) in [5.74, 6) is -0.294. The van der Waals surface area contributed by atoms with Crippen LogP contribution in [0.2, 0.25) is 0 Å². The first-order chi connectivity index (χ1) is 13.7. The second kappa shape index (κ2) is 7.01. The van der Waals surface area contributed by atoms with E-state index >= 15 is 0 Å². The third-order valence-corrected chi connectivity index (χ3v) is 6.16. The minimum absolute atomic E-state index is 0.0175. The molecule has 8 nitrogen and oxygen atoms in total. The van der Waals surface area contributed by atoms with Gasteiger partial charge in [-0.2, -0.15) is 0 Å². The Morgan fingerprint density at radius 3 is 2.75 bits per heavy atom. The first-order valence-electron chi connectivity index (χ1n) is 9.39. The number of hydrogen-bond acceptors (Lipinski definition) is 5. The lowest BCUT2D eigenvalue weighted by molar-refractivity contribution is -1.03. The Morgan fingerprint density at radius 2 is 1.89 bits per heavy atom. The first kappa shape index (κ1) is 17.4. The summed E-state index contributed by atoms with van der Waals surface area (Å²) >= 11 is 1.48. The van der Waals surface area contributed by atoms with Crippen LogP contribution in [0.15, 0.2) is 55.9 Å². The topological polar surface area (TPSA) is 78.4 Å². The number of hydrogen-bond donors (Lipinski definition) is 2. The normalized spacial score (nSPS) is 20.1. The average molecular weight is 399 g/mol. The van der Waals surface area contributed by atoms with Crippen LogP contribution in [-0.4, -0.2) is 40.1 Å². The van der Waals surface area contributed by atoms with Crippen molar-refractivity contribution in [1.82, 2.24) is 14.0 Å². The fourth-order valence-corrected chi connectivity index (χ4v) is 4.65. The maximum Gasteiger partial charge on any atom is 0.424 e. The fourth-order valence-electron chi connectivity index (χ4n) is 3.91. The van der Waals surface area contributed by atoms with Gasteiger partial charge in [0.25, 0.3) is 5.56 Å². The quantitative estimate of drug-likeness (QED) is 0.443. The number of thiazole rings is 1. The maximum atomic E-state index is 12.2. The predicted molar refractivity (Wildman–Crippen MR) is 105 cm³/mol. The van der Waals surface area contributed by atoms with Gasteiger partial charge in [0.05, 0.1) is 5.52 Å². The first-order valence-corrected chi connectivity index (χ1v) is 10.3. The van der Waals surface area contributed by atoms with Crippen molar-refractivity contribution in [2.24, 2.45) is 0 Å². The van der Waals surface area contributed by atoms with E-state index in [0.29, 0.717) is 12.3 Å². The standard InChI is InChI=1S/C19H19N5O3S/c25-17-11-14(20-18-23(17)9-10-28-18)12-21-5-7-22(8-6-21)13-24-15-3-1-2-4-16(15)27-19(24)26/h1-4,9-11H,5-8,12-13H2/p+2. The van der Waals surface area contributed by atoms with E-state index in [2.05, 4.69) is 4.98 Å². The van der Waals surface area contributed by atoms with Crippen LogP contribution in [0, 0.1) is 0 Å². The minimum Gasteiger partial charge on any atom is -0.408 e. The van der Waals surface area contributed by atoms with Crippen molar-refractivity contribution in [1.29, 1.82) is 0 Å². The molecule has 28 heavy (non-hydrogen) atoms. The van der Waals surface area contributed by atoms with Crippen LogP contribution in [-0.2, 0) is 13.2 Å². The average Bonchev–Trinajstić information content (AvgIpc) is 3.28. The summed E-state index contributed by atoms with van der Waals surface area (Å²) in [5.41, 5.74) is 2.32. The SMILES string of the molecule is O=c1oc2ccccc2n1C[NH+]1CC[NH+](Cc2cc(=O)n3ccsc3n2)CC1. The summed E-state index contributed by atoms with van der Waals surface area (Å²) in [7, 11) is 0. The summed E-state index contributed by atoms with van der Waals surface area (Å²) in [5, 5.41) is 1.88. The molecule has 4 heterocycles. The van der Waals surface area contributed by atoms with Crippen molar-refractivity contribution in [2.75, 3.05) is 26.2 Å². The molecule has 5 rings (SSSR count). The summed E-state index contributed by atoms with van der Waals surface area (Å²) < 4.78 is 8.64. The number of nitrogens with one attached hydrogen (secondary N) is 2. The Hall–Kier alpha value is -2.75. The highest BCUT2D eigenvalue weighted by Gasteiger charge is 2.25. The Bertz CT molecular complexity index is 1250. The number of nitrogens with zero attached hydrogens (tertiary/aromatic N) is 3. The van der Waals surface area contributed by atoms with E-state index in [4.69, 9.17) is 4.42 Å². The van der Waals surface area contributed by atoms with E-state index in [0.717, 1.165) is 48.9 Å². The van der Waals surface area contributed by atoms with E-state index in [-0.39, 0.29) is 11.3 Å². The molecule has 0 unspecified atom stereocenters. The van der Waals surface area contributed by atoms with Gasteiger partial charge in [0.1, 0.15) is 38.4 Å². The van der Waals surface area contributed by atoms with Gasteiger partial charge < -0.3 is 14.2 Å². The van der Waals surface area contributed by atoms with Crippen LogP contribution in [0.4, 0.5) is 0 Å². The van der Waals surface area contributed by atoms with Gasteiger partial charge in [-0.3, -0.25) is 9.20 Å². The molecule has 2 N–H and O–H groups in total. The number of benzene rings is 1. The van der Waals surface area contributed by atoms with Gasteiger partial charge in [-0.05, 0) is 12.1 Å². The molecule has 1 fully saturated rings. The van der Waals surface area contributed by atoms with Gasteiger partial charge in [0, 0.05) is 17.6 Å². The molecule has 0 radical (unpaired) electrons. The molecule has 9 heteroatoms. The van der Waals surface area contributed by atoms with Crippen molar-refractivity contribution in [3.63, 3.8) is 0 Å². The Morgan fingerprint density at radius 1 is 1.11 bits per heavy atom. The largest absolute Gasteiger partial charge is 0.424 e. The molecule has 0 saturated carbocycles. The van der Waals surface area contributed by atoms with E-state index < -0.39 is 0 Å². The molecule has 3 aromatic heterocycles. The molecule has 1 aliphatic heterocycles. The van der Waals surface area contributed by atoms with Gasteiger partial charge >= 0.3 is 5.76 Å². The number of oxazole rings is 1. The van der Waals surface area contributed by atoms with Gasteiger partial charge in [-0.15, -0.1) is 11.3 Å². The van der Waals surface area contributed by atoms with Gasteiger partial charge in [-0.1, -0.05) is 12.1 Å². The summed E-state index contributed by atoms with van der Waals surface area (Å²) in [4.78, 5) is 32.5. The third-order valence-electron chi connectivity index (χ3n) is 5.41. The van der Waals surface area contributed by atoms with Crippen LogP contribution >= 0.6 is 11.3 Å². The van der Waals surface area contributed by atoms with E-state index in [9.17, 15) is 9.59 Å². The van der Waals surface area contributed by atoms with Gasteiger partial charge in [0.15, 0.2) is 17.2 Å². The lowest BCUT2D eigenvalue weighted by Gasteiger charge is -2.29. The smallest absolute Gasteiger partial charge is 0.408 e. The number of piperazine rings is 1. The number of fused-ring (bicyclic) bond motifs is 2. The molecular formula is C19H21N5O3S+2. The summed E-state index contributed by atoms with van der Waals surface area (Å²) in [6.45, 7) is 5.25. The van der Waals surface area contributed by atoms with Crippen LogP contribution < -0.4 is 21.1 Å². The van der Waals surface area contributed by atoms with Crippen LogP contribution in [0.25, 0.3) is 16.1 Å². The van der Waals surface area contributed by atoms with Crippen molar-refractivity contribution in [2.45, 2.75) is 13.2 Å². The second-order valence-electron chi connectivity index (χ2n) is 7.24.